The number of benzene rings is 2. The third-order valence-electron chi connectivity index (χ3n) is 3.93. The van der Waals surface area contributed by atoms with Crippen molar-refractivity contribution in [1.82, 2.24) is 15.1 Å². The molecule has 1 amide bonds. The average Bonchev–Trinajstić information content (AvgIpc) is 3.10. The SMILES string of the molecule is CC(C)N(Cc1nnc(-c2ccccc2Cl)o1)C(=O)c1ccc(Cl)c(Cl)c1. The molecule has 2 aromatic carbocycles. The molecular formula is C19H16Cl3N3O2. The average molecular weight is 425 g/mol. The third kappa shape index (κ3) is 4.43. The van der Waals surface area contributed by atoms with Gasteiger partial charge in [0.25, 0.3) is 5.91 Å². The smallest absolute Gasteiger partial charge is 0.254 e. The maximum absolute atomic E-state index is 12.9. The van der Waals surface area contributed by atoms with Crippen molar-refractivity contribution < 1.29 is 9.21 Å². The van der Waals surface area contributed by atoms with E-state index < -0.39 is 0 Å². The Balaban J connectivity index is 1.84. The molecule has 8 heteroatoms. The van der Waals surface area contributed by atoms with Gasteiger partial charge in [0.2, 0.25) is 11.8 Å². The Morgan fingerprint density at radius 3 is 2.44 bits per heavy atom. The zero-order valence-electron chi connectivity index (χ0n) is 14.6. The van der Waals surface area contributed by atoms with Gasteiger partial charge in [0, 0.05) is 11.6 Å². The number of amides is 1. The van der Waals surface area contributed by atoms with Gasteiger partial charge in [-0.05, 0) is 44.2 Å². The standard InChI is InChI=1S/C19H16Cl3N3O2/c1-11(2)25(19(26)12-7-8-15(21)16(22)9-12)10-17-23-24-18(27-17)13-5-3-4-6-14(13)20/h3-9,11H,10H2,1-2H3. The minimum atomic E-state index is -0.207. The molecule has 0 saturated carbocycles. The summed E-state index contributed by atoms with van der Waals surface area (Å²) in [6.45, 7) is 3.97. The topological polar surface area (TPSA) is 59.2 Å². The highest BCUT2D eigenvalue weighted by Gasteiger charge is 2.23. The Hall–Kier alpha value is -2.08. The zero-order valence-corrected chi connectivity index (χ0v) is 16.9. The fourth-order valence-electron chi connectivity index (χ4n) is 2.49. The molecule has 27 heavy (non-hydrogen) atoms. The normalized spacial score (nSPS) is 11.0. The second-order valence-corrected chi connectivity index (χ2v) is 7.36. The lowest BCUT2D eigenvalue weighted by Gasteiger charge is -2.25. The highest BCUT2D eigenvalue weighted by atomic mass is 35.5. The first-order valence-corrected chi connectivity index (χ1v) is 9.33. The van der Waals surface area contributed by atoms with Crippen molar-refractivity contribution in [3.8, 4) is 11.5 Å². The van der Waals surface area contributed by atoms with Crippen molar-refractivity contribution in [2.24, 2.45) is 0 Å². The van der Waals surface area contributed by atoms with Gasteiger partial charge in [-0.1, -0.05) is 46.9 Å². The summed E-state index contributed by atoms with van der Waals surface area (Å²) in [5, 5.41) is 9.32. The van der Waals surface area contributed by atoms with Crippen molar-refractivity contribution in [3.63, 3.8) is 0 Å². The highest BCUT2D eigenvalue weighted by Crippen LogP contribution is 2.27. The van der Waals surface area contributed by atoms with Crippen LogP contribution in [0.15, 0.2) is 46.9 Å². The van der Waals surface area contributed by atoms with Gasteiger partial charge in [0.05, 0.1) is 27.2 Å². The van der Waals surface area contributed by atoms with Crippen LogP contribution in [0.5, 0.6) is 0 Å². The van der Waals surface area contributed by atoms with Gasteiger partial charge in [0.1, 0.15) is 0 Å². The van der Waals surface area contributed by atoms with E-state index in [2.05, 4.69) is 10.2 Å². The van der Waals surface area contributed by atoms with Gasteiger partial charge in [-0.2, -0.15) is 0 Å². The van der Waals surface area contributed by atoms with E-state index in [1.54, 1.807) is 35.2 Å². The van der Waals surface area contributed by atoms with Crippen LogP contribution in [-0.2, 0) is 6.54 Å². The number of nitrogens with zero attached hydrogens (tertiary/aromatic N) is 3. The lowest BCUT2D eigenvalue weighted by Crippen LogP contribution is -2.36. The summed E-state index contributed by atoms with van der Waals surface area (Å²) in [6.07, 6.45) is 0. The van der Waals surface area contributed by atoms with Gasteiger partial charge in [-0.25, -0.2) is 0 Å². The van der Waals surface area contributed by atoms with Crippen LogP contribution in [0.2, 0.25) is 15.1 Å². The first kappa shape index (κ1) is 19.7. The van der Waals surface area contributed by atoms with Crippen LogP contribution in [0, 0.1) is 0 Å². The number of hydrogen-bond acceptors (Lipinski definition) is 4. The van der Waals surface area contributed by atoms with Crippen molar-refractivity contribution >= 4 is 40.7 Å². The van der Waals surface area contributed by atoms with Crippen LogP contribution in [-0.4, -0.2) is 27.0 Å². The van der Waals surface area contributed by atoms with E-state index in [1.807, 2.05) is 26.0 Å². The van der Waals surface area contributed by atoms with Gasteiger partial charge in [0.15, 0.2) is 0 Å². The van der Waals surface area contributed by atoms with Crippen molar-refractivity contribution in [1.29, 1.82) is 0 Å². The van der Waals surface area contributed by atoms with Crippen LogP contribution in [0.1, 0.15) is 30.1 Å². The molecule has 0 atom stereocenters. The molecule has 1 heterocycles. The summed E-state index contributed by atoms with van der Waals surface area (Å²) in [6, 6.07) is 11.9. The molecule has 0 aliphatic rings. The first-order valence-electron chi connectivity index (χ1n) is 8.20. The molecular weight excluding hydrogens is 409 g/mol. The Bertz CT molecular complexity index is 972. The minimum Gasteiger partial charge on any atom is -0.419 e. The quantitative estimate of drug-likeness (QED) is 0.523. The van der Waals surface area contributed by atoms with E-state index in [1.165, 1.54) is 0 Å². The second kappa shape index (κ2) is 8.30. The van der Waals surface area contributed by atoms with E-state index >= 15 is 0 Å². The second-order valence-electron chi connectivity index (χ2n) is 6.14. The van der Waals surface area contributed by atoms with E-state index in [4.69, 9.17) is 39.2 Å². The molecule has 0 N–H and O–H groups in total. The molecule has 140 valence electrons. The highest BCUT2D eigenvalue weighted by molar-refractivity contribution is 6.42. The molecule has 0 fully saturated rings. The van der Waals surface area contributed by atoms with E-state index in [0.29, 0.717) is 38.0 Å². The molecule has 0 radical (unpaired) electrons. The molecule has 0 spiro atoms. The van der Waals surface area contributed by atoms with E-state index in [0.717, 1.165) is 0 Å². The summed E-state index contributed by atoms with van der Waals surface area (Å²) in [5.41, 5.74) is 1.08. The summed E-state index contributed by atoms with van der Waals surface area (Å²) in [7, 11) is 0. The minimum absolute atomic E-state index is 0.0948. The maximum Gasteiger partial charge on any atom is 0.254 e. The number of halogens is 3. The molecule has 0 saturated heterocycles. The van der Waals surface area contributed by atoms with Gasteiger partial charge in [-0.3, -0.25) is 4.79 Å². The summed E-state index contributed by atoms with van der Waals surface area (Å²) in [4.78, 5) is 14.5. The van der Waals surface area contributed by atoms with Crippen LogP contribution in [0.3, 0.4) is 0 Å². The summed E-state index contributed by atoms with van der Waals surface area (Å²) < 4.78 is 5.71. The molecule has 3 aromatic rings. The fourth-order valence-corrected chi connectivity index (χ4v) is 3.01. The number of hydrogen-bond donors (Lipinski definition) is 0. The van der Waals surface area contributed by atoms with Gasteiger partial charge < -0.3 is 9.32 Å². The Morgan fingerprint density at radius 1 is 1.04 bits per heavy atom. The molecule has 3 rings (SSSR count). The van der Waals surface area contributed by atoms with Crippen LogP contribution >= 0.6 is 34.8 Å². The number of rotatable bonds is 5. The number of carbonyl (C=O) groups is 1. The molecule has 1 aromatic heterocycles. The predicted molar refractivity (Wildman–Crippen MR) is 106 cm³/mol. The Kier molecular flexibility index (Phi) is 6.05. The lowest BCUT2D eigenvalue weighted by atomic mass is 10.1. The monoisotopic (exact) mass is 423 g/mol. The van der Waals surface area contributed by atoms with Crippen molar-refractivity contribution in [3.05, 3.63) is 69.0 Å². The number of carbonyl (C=O) groups excluding carboxylic acids is 1. The van der Waals surface area contributed by atoms with Crippen molar-refractivity contribution in [2.45, 2.75) is 26.4 Å². The Labute approximate surface area is 171 Å². The van der Waals surface area contributed by atoms with Gasteiger partial charge in [-0.15, -0.1) is 10.2 Å². The molecule has 0 unspecified atom stereocenters. The molecule has 0 aliphatic heterocycles. The Morgan fingerprint density at radius 2 is 1.78 bits per heavy atom. The van der Waals surface area contributed by atoms with Crippen LogP contribution in [0.25, 0.3) is 11.5 Å². The molecule has 0 bridgehead atoms. The van der Waals surface area contributed by atoms with Gasteiger partial charge >= 0.3 is 0 Å². The largest absolute Gasteiger partial charge is 0.419 e. The van der Waals surface area contributed by atoms with Crippen LogP contribution < -0.4 is 0 Å². The summed E-state index contributed by atoms with van der Waals surface area (Å²) >= 11 is 18.1. The first-order chi connectivity index (χ1) is 12.9. The predicted octanol–water partition coefficient (Wildman–Crippen LogP) is 5.75. The van der Waals surface area contributed by atoms with E-state index in [9.17, 15) is 4.79 Å². The molecule has 0 aliphatic carbocycles. The maximum atomic E-state index is 12.9. The zero-order chi connectivity index (χ0) is 19.6. The lowest BCUT2D eigenvalue weighted by molar-refractivity contribution is 0.0672. The molecule has 5 nitrogen and oxygen atoms in total. The third-order valence-corrected chi connectivity index (χ3v) is 5.00. The van der Waals surface area contributed by atoms with Crippen molar-refractivity contribution in [2.75, 3.05) is 0 Å². The fraction of sp³-hybridized carbons (Fsp3) is 0.211. The van der Waals surface area contributed by atoms with E-state index in [-0.39, 0.29) is 18.5 Å². The van der Waals surface area contributed by atoms with Crippen LogP contribution in [0.4, 0.5) is 0 Å². The summed E-state index contributed by atoms with van der Waals surface area (Å²) in [5.74, 6) is 0.411. The number of aromatic nitrogens is 2.